The van der Waals surface area contributed by atoms with Crippen LogP contribution in [0.15, 0.2) is 30.5 Å². The van der Waals surface area contributed by atoms with Gasteiger partial charge < -0.3 is 5.32 Å². The van der Waals surface area contributed by atoms with Crippen molar-refractivity contribution >= 4 is 22.3 Å². The second-order valence-corrected chi connectivity index (χ2v) is 5.33. The number of anilines is 1. The average molecular weight is 257 g/mol. The van der Waals surface area contributed by atoms with Gasteiger partial charge in [-0.1, -0.05) is 0 Å². The minimum absolute atomic E-state index is 0.0978. The van der Waals surface area contributed by atoms with Gasteiger partial charge in [-0.3, -0.25) is 15.1 Å². The maximum Gasteiger partial charge on any atom is 0.278 e. The lowest BCUT2D eigenvalue weighted by atomic mass is 9.78. The van der Waals surface area contributed by atoms with Gasteiger partial charge in [0.1, 0.15) is 5.52 Å². The van der Waals surface area contributed by atoms with Crippen LogP contribution in [0.4, 0.5) is 11.4 Å². The van der Waals surface area contributed by atoms with Gasteiger partial charge in [0.25, 0.3) is 5.69 Å². The van der Waals surface area contributed by atoms with Crippen LogP contribution in [0.2, 0.25) is 0 Å². The van der Waals surface area contributed by atoms with E-state index in [-0.39, 0.29) is 16.1 Å². The quantitative estimate of drug-likeness (QED) is 0.675. The number of rotatable bonds is 3. The predicted octanol–water partition coefficient (Wildman–Crippen LogP) is 3.50. The van der Waals surface area contributed by atoms with Crippen molar-refractivity contribution in [2.75, 3.05) is 5.32 Å². The molecule has 1 saturated carbocycles. The van der Waals surface area contributed by atoms with Gasteiger partial charge in [-0.25, -0.2) is 0 Å². The number of aromatic nitrogens is 1. The summed E-state index contributed by atoms with van der Waals surface area (Å²) >= 11 is 0. The number of nitro groups is 1. The van der Waals surface area contributed by atoms with Crippen molar-refractivity contribution in [3.63, 3.8) is 0 Å². The van der Waals surface area contributed by atoms with E-state index in [4.69, 9.17) is 0 Å². The van der Waals surface area contributed by atoms with Crippen LogP contribution >= 0.6 is 0 Å². The van der Waals surface area contributed by atoms with Crippen LogP contribution in [0.3, 0.4) is 0 Å². The van der Waals surface area contributed by atoms with E-state index in [2.05, 4.69) is 17.2 Å². The molecular formula is C14H15N3O2. The summed E-state index contributed by atoms with van der Waals surface area (Å²) in [6.45, 7) is 2.17. The number of nitrogens with zero attached hydrogens (tertiary/aromatic N) is 2. The molecule has 0 spiro atoms. The Morgan fingerprint density at radius 3 is 2.79 bits per heavy atom. The molecule has 0 amide bonds. The van der Waals surface area contributed by atoms with Crippen molar-refractivity contribution in [3.8, 4) is 0 Å². The van der Waals surface area contributed by atoms with Gasteiger partial charge in [0.05, 0.1) is 16.0 Å². The van der Waals surface area contributed by atoms with Crippen molar-refractivity contribution in [2.24, 2.45) is 0 Å². The van der Waals surface area contributed by atoms with Gasteiger partial charge in [0.15, 0.2) is 0 Å². The Bertz CT molecular complexity index is 650. The van der Waals surface area contributed by atoms with Crippen LogP contribution < -0.4 is 5.32 Å². The Balaban J connectivity index is 2.11. The van der Waals surface area contributed by atoms with Crippen molar-refractivity contribution in [1.82, 2.24) is 4.98 Å². The molecule has 5 heteroatoms. The third kappa shape index (κ3) is 2.01. The van der Waals surface area contributed by atoms with E-state index < -0.39 is 0 Å². The number of nitro benzene ring substituents is 1. The van der Waals surface area contributed by atoms with Crippen LogP contribution in [-0.4, -0.2) is 15.4 Å². The highest BCUT2D eigenvalue weighted by molar-refractivity contribution is 5.96. The fraction of sp³-hybridized carbons (Fsp3) is 0.357. The number of non-ortho nitro benzene ring substituents is 1. The van der Waals surface area contributed by atoms with Crippen LogP contribution in [0, 0.1) is 10.1 Å². The minimum atomic E-state index is -0.362. The van der Waals surface area contributed by atoms with Gasteiger partial charge in [-0.15, -0.1) is 0 Å². The Hall–Kier alpha value is -2.17. The standard InChI is InChI=1S/C14H15N3O2/c1-14(7-3-8-14)16-11-5-6-12(17(18)19)10-4-2-9-15-13(10)11/h2,4-6,9,16H,3,7-8H2,1H3. The molecule has 0 aliphatic heterocycles. The van der Waals surface area contributed by atoms with E-state index in [0.717, 1.165) is 18.5 Å². The highest BCUT2D eigenvalue weighted by atomic mass is 16.6. The van der Waals surface area contributed by atoms with Crippen LogP contribution in [0.5, 0.6) is 0 Å². The highest BCUT2D eigenvalue weighted by Crippen LogP contribution is 2.37. The molecule has 5 nitrogen and oxygen atoms in total. The van der Waals surface area contributed by atoms with Gasteiger partial charge in [-0.05, 0) is 44.4 Å². The smallest absolute Gasteiger partial charge is 0.278 e. The number of benzene rings is 1. The van der Waals surface area contributed by atoms with Crippen molar-refractivity contribution in [3.05, 3.63) is 40.6 Å². The number of hydrogen-bond acceptors (Lipinski definition) is 4. The van der Waals surface area contributed by atoms with Gasteiger partial charge in [0, 0.05) is 17.8 Å². The van der Waals surface area contributed by atoms with E-state index in [1.54, 1.807) is 30.5 Å². The Kier molecular flexibility index (Phi) is 2.62. The molecular weight excluding hydrogens is 242 g/mol. The van der Waals surface area contributed by atoms with Gasteiger partial charge in [-0.2, -0.15) is 0 Å². The number of hydrogen-bond donors (Lipinski definition) is 1. The van der Waals surface area contributed by atoms with Gasteiger partial charge >= 0.3 is 0 Å². The SMILES string of the molecule is CC1(Nc2ccc([N+](=O)[O-])c3cccnc23)CCC1. The maximum atomic E-state index is 11.0. The normalized spacial score (nSPS) is 16.9. The summed E-state index contributed by atoms with van der Waals surface area (Å²) in [7, 11) is 0. The predicted molar refractivity (Wildman–Crippen MR) is 74.3 cm³/mol. The summed E-state index contributed by atoms with van der Waals surface area (Å²) in [5, 5.41) is 15.1. The third-order valence-corrected chi connectivity index (χ3v) is 3.84. The first-order valence-corrected chi connectivity index (χ1v) is 6.39. The van der Waals surface area contributed by atoms with Crippen molar-refractivity contribution < 1.29 is 4.92 Å². The zero-order valence-corrected chi connectivity index (χ0v) is 10.7. The van der Waals surface area contributed by atoms with Gasteiger partial charge in [0.2, 0.25) is 0 Å². The summed E-state index contributed by atoms with van der Waals surface area (Å²) in [5.74, 6) is 0. The van der Waals surface area contributed by atoms with E-state index in [1.165, 1.54) is 6.42 Å². The Morgan fingerprint density at radius 1 is 1.37 bits per heavy atom. The average Bonchev–Trinajstić information content (AvgIpc) is 2.37. The second-order valence-electron chi connectivity index (χ2n) is 5.33. The van der Waals surface area contributed by atoms with Crippen molar-refractivity contribution in [2.45, 2.75) is 31.7 Å². The zero-order valence-electron chi connectivity index (χ0n) is 10.7. The molecule has 1 N–H and O–H groups in total. The summed E-state index contributed by atoms with van der Waals surface area (Å²) in [4.78, 5) is 15.0. The maximum absolute atomic E-state index is 11.0. The largest absolute Gasteiger partial charge is 0.378 e. The fourth-order valence-corrected chi connectivity index (χ4v) is 2.57. The molecule has 0 unspecified atom stereocenters. The summed E-state index contributed by atoms with van der Waals surface area (Å²) < 4.78 is 0. The molecule has 1 fully saturated rings. The first-order chi connectivity index (χ1) is 9.09. The van der Waals surface area contributed by atoms with E-state index in [9.17, 15) is 10.1 Å². The Labute approximate surface area is 110 Å². The molecule has 1 aliphatic rings. The molecule has 19 heavy (non-hydrogen) atoms. The van der Waals surface area contributed by atoms with Crippen LogP contribution in [-0.2, 0) is 0 Å². The molecule has 0 bridgehead atoms. The first-order valence-electron chi connectivity index (χ1n) is 6.39. The molecule has 98 valence electrons. The summed E-state index contributed by atoms with van der Waals surface area (Å²) in [6, 6.07) is 6.78. The molecule has 1 aromatic carbocycles. The topological polar surface area (TPSA) is 68.1 Å². The summed E-state index contributed by atoms with van der Waals surface area (Å²) in [5.41, 5.74) is 1.75. The molecule has 2 aromatic rings. The number of fused-ring (bicyclic) bond motifs is 1. The van der Waals surface area contributed by atoms with Crippen LogP contribution in [0.1, 0.15) is 26.2 Å². The lowest BCUT2D eigenvalue weighted by Crippen LogP contribution is -2.41. The molecule has 3 rings (SSSR count). The zero-order chi connectivity index (χ0) is 13.5. The van der Waals surface area contributed by atoms with Crippen molar-refractivity contribution in [1.29, 1.82) is 0 Å². The first kappa shape index (κ1) is 11.9. The monoisotopic (exact) mass is 257 g/mol. The molecule has 1 aliphatic carbocycles. The summed E-state index contributed by atoms with van der Waals surface area (Å²) in [6.07, 6.45) is 5.14. The third-order valence-electron chi connectivity index (χ3n) is 3.84. The van der Waals surface area contributed by atoms with E-state index in [1.807, 2.05) is 0 Å². The number of nitrogens with one attached hydrogen (secondary N) is 1. The molecule has 1 aromatic heterocycles. The fourth-order valence-electron chi connectivity index (χ4n) is 2.57. The number of pyridine rings is 1. The molecule has 0 saturated heterocycles. The minimum Gasteiger partial charge on any atom is -0.378 e. The van der Waals surface area contributed by atoms with Crippen LogP contribution in [0.25, 0.3) is 10.9 Å². The lowest BCUT2D eigenvalue weighted by molar-refractivity contribution is -0.383. The second kappa shape index (κ2) is 4.19. The Morgan fingerprint density at radius 2 is 2.16 bits per heavy atom. The van der Waals surface area contributed by atoms with E-state index in [0.29, 0.717) is 10.9 Å². The molecule has 0 radical (unpaired) electrons. The molecule has 1 heterocycles. The van der Waals surface area contributed by atoms with E-state index >= 15 is 0 Å². The highest BCUT2D eigenvalue weighted by Gasteiger charge is 2.32. The lowest BCUT2D eigenvalue weighted by Gasteiger charge is -2.40. The molecule has 0 atom stereocenters.